The highest BCUT2D eigenvalue weighted by molar-refractivity contribution is 7.62. The normalized spacial score (nSPS) is 21.9. The summed E-state index contributed by atoms with van der Waals surface area (Å²) in [6, 6.07) is 29.3. The highest BCUT2D eigenvalue weighted by atomic mass is 31.2. The quantitative estimate of drug-likeness (QED) is 0.522. The van der Waals surface area contributed by atoms with Crippen LogP contribution < -0.4 is 4.78 Å². The van der Waals surface area contributed by atoms with Crippen molar-refractivity contribution in [3.63, 3.8) is 0 Å². The molecule has 0 aromatic heterocycles. The van der Waals surface area contributed by atoms with Crippen LogP contribution in [0.5, 0.6) is 0 Å². The summed E-state index contributed by atoms with van der Waals surface area (Å²) in [5.74, 6) is 0. The van der Waals surface area contributed by atoms with Gasteiger partial charge in [-0.05, 0) is 30.2 Å². The van der Waals surface area contributed by atoms with Gasteiger partial charge < -0.3 is 4.52 Å². The van der Waals surface area contributed by atoms with Crippen LogP contribution in [-0.4, -0.2) is 12.3 Å². The van der Waals surface area contributed by atoms with Gasteiger partial charge in [0.05, 0.1) is 18.0 Å². The van der Waals surface area contributed by atoms with Crippen molar-refractivity contribution in [3.8, 4) is 0 Å². The van der Waals surface area contributed by atoms with E-state index in [0.29, 0.717) is 6.61 Å². The summed E-state index contributed by atoms with van der Waals surface area (Å²) in [5, 5.41) is 4.82. The molecule has 136 valence electrons. The lowest BCUT2D eigenvalue weighted by molar-refractivity contribution is 0.330. The van der Waals surface area contributed by atoms with Crippen molar-refractivity contribution in [2.75, 3.05) is 11.4 Å². The van der Waals surface area contributed by atoms with E-state index in [9.17, 15) is 4.57 Å². The number of para-hydroxylation sites is 1. The number of nitrogens with zero attached hydrogens (tertiary/aromatic N) is 2. The van der Waals surface area contributed by atoms with Crippen LogP contribution >= 0.6 is 7.52 Å². The molecule has 0 N–H and O–H groups in total. The zero-order chi connectivity index (χ0) is 18.7. The molecule has 3 aromatic rings. The minimum atomic E-state index is -3.33. The SMILES string of the molecule is CCO[P@@]1(=O)[C@@H](c2ccccc2)C(c2ccccc2)=NN1c1ccccc1. The van der Waals surface area contributed by atoms with Crippen LogP contribution in [0.15, 0.2) is 96.1 Å². The first-order chi connectivity index (χ1) is 13.2. The molecule has 1 aliphatic heterocycles. The van der Waals surface area contributed by atoms with E-state index < -0.39 is 13.2 Å². The lowest BCUT2D eigenvalue weighted by Crippen LogP contribution is -2.15. The standard InChI is InChI=1S/C22H21N2O2P/c1-2-26-27(25)22(19-14-8-4-9-15-19)21(18-12-6-3-7-13-18)23-24(27)20-16-10-5-11-17-20/h3-17,22H,2H2,1H3/t22-,27-/m0/s1. The molecular weight excluding hydrogens is 355 g/mol. The fraction of sp³-hybridized carbons (Fsp3) is 0.136. The molecule has 27 heavy (non-hydrogen) atoms. The van der Waals surface area contributed by atoms with E-state index in [-0.39, 0.29) is 0 Å². The van der Waals surface area contributed by atoms with E-state index in [1.807, 2.05) is 97.9 Å². The topological polar surface area (TPSA) is 41.9 Å². The third kappa shape index (κ3) is 3.23. The van der Waals surface area contributed by atoms with Gasteiger partial charge in [0.15, 0.2) is 0 Å². The van der Waals surface area contributed by atoms with Crippen LogP contribution in [0, 0.1) is 0 Å². The summed E-state index contributed by atoms with van der Waals surface area (Å²) >= 11 is 0. The van der Waals surface area contributed by atoms with E-state index in [1.165, 1.54) is 0 Å². The van der Waals surface area contributed by atoms with Gasteiger partial charge in [-0.25, -0.2) is 0 Å². The van der Waals surface area contributed by atoms with Crippen molar-refractivity contribution in [2.45, 2.75) is 12.6 Å². The van der Waals surface area contributed by atoms with Crippen LogP contribution in [0.2, 0.25) is 0 Å². The van der Waals surface area contributed by atoms with E-state index in [0.717, 1.165) is 22.5 Å². The number of anilines is 1. The number of hydrogen-bond donors (Lipinski definition) is 0. The van der Waals surface area contributed by atoms with Gasteiger partial charge in [0, 0.05) is 0 Å². The largest absolute Gasteiger partial charge is 0.329 e. The van der Waals surface area contributed by atoms with Crippen LogP contribution in [0.4, 0.5) is 5.69 Å². The Labute approximate surface area is 159 Å². The second-order valence-electron chi connectivity index (χ2n) is 6.27. The van der Waals surface area contributed by atoms with E-state index in [1.54, 1.807) is 4.78 Å². The molecule has 0 fully saturated rings. The molecule has 0 aliphatic carbocycles. The van der Waals surface area contributed by atoms with Gasteiger partial charge in [0.2, 0.25) is 0 Å². The molecular formula is C22H21N2O2P. The molecule has 0 spiro atoms. The summed E-state index contributed by atoms with van der Waals surface area (Å²) in [6.07, 6.45) is 0. The van der Waals surface area contributed by atoms with Gasteiger partial charge in [-0.3, -0.25) is 4.57 Å². The number of hydrogen-bond acceptors (Lipinski definition) is 3. The Balaban J connectivity index is 1.92. The molecule has 4 rings (SSSR count). The first kappa shape index (κ1) is 17.7. The fourth-order valence-corrected chi connectivity index (χ4v) is 5.97. The smallest absolute Gasteiger partial charge is 0.312 e. The highest BCUT2D eigenvalue weighted by Gasteiger charge is 2.50. The second-order valence-corrected chi connectivity index (χ2v) is 8.55. The average molecular weight is 376 g/mol. The van der Waals surface area contributed by atoms with Gasteiger partial charge in [-0.1, -0.05) is 78.9 Å². The first-order valence-electron chi connectivity index (χ1n) is 9.03. The Morgan fingerprint density at radius 2 is 1.44 bits per heavy atom. The molecule has 0 saturated carbocycles. The minimum Gasteiger partial charge on any atom is -0.312 e. The van der Waals surface area contributed by atoms with Crippen LogP contribution in [0.3, 0.4) is 0 Å². The van der Waals surface area contributed by atoms with Crippen molar-refractivity contribution in [1.82, 2.24) is 0 Å². The Hall–Kier alpha value is -2.68. The highest BCUT2D eigenvalue weighted by Crippen LogP contribution is 2.68. The van der Waals surface area contributed by atoms with Gasteiger partial charge in [-0.2, -0.15) is 9.88 Å². The Bertz CT molecular complexity index is 975. The van der Waals surface area contributed by atoms with Crippen LogP contribution in [0.1, 0.15) is 23.7 Å². The lowest BCUT2D eigenvalue weighted by Gasteiger charge is -2.27. The van der Waals surface area contributed by atoms with E-state index >= 15 is 0 Å². The zero-order valence-corrected chi connectivity index (χ0v) is 16.0. The number of hydrazone groups is 1. The fourth-order valence-electron chi connectivity index (χ4n) is 3.38. The van der Waals surface area contributed by atoms with Gasteiger partial charge >= 0.3 is 7.52 Å². The summed E-state index contributed by atoms with van der Waals surface area (Å²) < 4.78 is 21.8. The minimum absolute atomic E-state index is 0.349. The van der Waals surface area contributed by atoms with Crippen LogP contribution in [0.25, 0.3) is 0 Å². The van der Waals surface area contributed by atoms with Gasteiger partial charge in [0.25, 0.3) is 0 Å². The van der Waals surface area contributed by atoms with Crippen molar-refractivity contribution in [1.29, 1.82) is 0 Å². The Morgan fingerprint density at radius 3 is 2.04 bits per heavy atom. The van der Waals surface area contributed by atoms with Crippen molar-refractivity contribution >= 4 is 18.9 Å². The second kappa shape index (κ2) is 7.51. The summed E-state index contributed by atoms with van der Waals surface area (Å²) in [6.45, 7) is 2.22. The number of rotatable bonds is 5. The van der Waals surface area contributed by atoms with Crippen molar-refractivity contribution < 1.29 is 9.09 Å². The first-order valence-corrected chi connectivity index (χ1v) is 10.7. The molecule has 2 atom stereocenters. The molecule has 5 heteroatoms. The van der Waals surface area contributed by atoms with E-state index in [2.05, 4.69) is 0 Å². The molecule has 0 bridgehead atoms. The Morgan fingerprint density at radius 1 is 0.889 bits per heavy atom. The summed E-state index contributed by atoms with van der Waals surface area (Å²) in [4.78, 5) is 0. The lowest BCUT2D eigenvalue weighted by atomic mass is 10.0. The maximum atomic E-state index is 14.2. The third-order valence-corrected chi connectivity index (χ3v) is 7.21. The molecule has 0 radical (unpaired) electrons. The van der Waals surface area contributed by atoms with Crippen LogP contribution in [-0.2, 0) is 9.09 Å². The average Bonchev–Trinajstić information content (AvgIpc) is 3.03. The van der Waals surface area contributed by atoms with Gasteiger partial charge in [-0.15, -0.1) is 0 Å². The third-order valence-electron chi connectivity index (χ3n) is 4.54. The maximum absolute atomic E-state index is 14.2. The molecule has 1 heterocycles. The summed E-state index contributed by atoms with van der Waals surface area (Å²) in [5.41, 5.74) is 2.98. The molecule has 0 amide bonds. The zero-order valence-electron chi connectivity index (χ0n) is 15.1. The Kier molecular flexibility index (Phi) is 4.93. The maximum Gasteiger partial charge on any atom is 0.329 e. The molecule has 0 saturated heterocycles. The van der Waals surface area contributed by atoms with Gasteiger partial charge in [0.1, 0.15) is 5.66 Å². The monoisotopic (exact) mass is 376 g/mol. The predicted molar refractivity (Wildman–Crippen MR) is 110 cm³/mol. The van der Waals surface area contributed by atoms with Crippen molar-refractivity contribution in [2.24, 2.45) is 5.10 Å². The number of benzene rings is 3. The summed E-state index contributed by atoms with van der Waals surface area (Å²) in [7, 11) is -3.33. The molecule has 1 aliphatic rings. The molecule has 4 nitrogen and oxygen atoms in total. The predicted octanol–water partition coefficient (Wildman–Crippen LogP) is 5.88. The van der Waals surface area contributed by atoms with Crippen molar-refractivity contribution in [3.05, 3.63) is 102 Å². The van der Waals surface area contributed by atoms with E-state index in [4.69, 9.17) is 9.63 Å². The molecule has 3 aromatic carbocycles. The molecule has 0 unspecified atom stereocenters.